The predicted molar refractivity (Wildman–Crippen MR) is 36.0 cm³/mol. The first kappa shape index (κ1) is 5.48. The van der Waals surface area contributed by atoms with Crippen molar-refractivity contribution < 1.29 is 5.11 Å². The fraction of sp³-hybridized carbons (Fsp3) is 0.750. The minimum absolute atomic E-state index is 0.377. The molecule has 0 amide bonds. The standard InChI is InChI=1S/C8H12O/c9-5-8-4-6-1-2-7(8)3-6/h2,6,8-9H,1,3-5H2. The number of aliphatic hydroxyl groups is 1. The highest BCUT2D eigenvalue weighted by molar-refractivity contribution is 5.19. The summed E-state index contributed by atoms with van der Waals surface area (Å²) < 4.78 is 0. The van der Waals surface area contributed by atoms with Crippen LogP contribution >= 0.6 is 0 Å². The van der Waals surface area contributed by atoms with Crippen LogP contribution in [0.5, 0.6) is 0 Å². The Morgan fingerprint density at radius 2 is 2.56 bits per heavy atom. The van der Waals surface area contributed by atoms with E-state index in [0.717, 1.165) is 5.92 Å². The molecule has 1 N–H and O–H groups in total. The molecule has 9 heavy (non-hydrogen) atoms. The van der Waals surface area contributed by atoms with Gasteiger partial charge in [0, 0.05) is 12.5 Å². The lowest BCUT2D eigenvalue weighted by molar-refractivity contribution is 0.239. The Morgan fingerprint density at radius 3 is 2.89 bits per heavy atom. The molecule has 0 aromatic carbocycles. The fourth-order valence-corrected chi connectivity index (χ4v) is 2.08. The van der Waals surface area contributed by atoms with Crippen LogP contribution in [0.1, 0.15) is 19.3 Å². The molecule has 1 heteroatoms. The molecule has 1 saturated carbocycles. The molecule has 2 aliphatic rings. The van der Waals surface area contributed by atoms with Crippen molar-refractivity contribution in [1.82, 2.24) is 0 Å². The van der Waals surface area contributed by atoms with E-state index in [-0.39, 0.29) is 0 Å². The summed E-state index contributed by atoms with van der Waals surface area (Å²) in [7, 11) is 0. The number of aliphatic hydroxyl groups excluding tert-OH is 1. The number of rotatable bonds is 1. The molecule has 0 spiro atoms. The highest BCUT2D eigenvalue weighted by Crippen LogP contribution is 2.43. The maximum atomic E-state index is 8.85. The first-order valence-corrected chi connectivity index (χ1v) is 3.70. The second-order valence-electron chi connectivity index (χ2n) is 3.20. The quantitative estimate of drug-likeness (QED) is 0.523. The van der Waals surface area contributed by atoms with E-state index < -0.39 is 0 Å². The zero-order valence-corrected chi connectivity index (χ0v) is 5.51. The lowest BCUT2D eigenvalue weighted by Gasteiger charge is -2.11. The smallest absolute Gasteiger partial charge is 0.0496 e. The highest BCUT2D eigenvalue weighted by Gasteiger charge is 2.31. The van der Waals surface area contributed by atoms with Crippen molar-refractivity contribution in [2.45, 2.75) is 19.3 Å². The third-order valence-electron chi connectivity index (χ3n) is 2.60. The van der Waals surface area contributed by atoms with Gasteiger partial charge >= 0.3 is 0 Å². The van der Waals surface area contributed by atoms with Crippen molar-refractivity contribution in [3.8, 4) is 0 Å². The molecule has 2 aliphatic carbocycles. The maximum Gasteiger partial charge on any atom is 0.0496 e. The summed E-state index contributed by atoms with van der Waals surface area (Å²) in [5, 5.41) is 8.85. The van der Waals surface area contributed by atoms with Crippen LogP contribution in [0.4, 0.5) is 0 Å². The Hall–Kier alpha value is -0.300. The number of hydrogen-bond acceptors (Lipinski definition) is 1. The van der Waals surface area contributed by atoms with E-state index >= 15 is 0 Å². The third kappa shape index (κ3) is 0.715. The number of fused-ring (bicyclic) bond motifs is 2. The summed E-state index contributed by atoms with van der Waals surface area (Å²) in [5.41, 5.74) is 1.53. The predicted octanol–water partition coefficient (Wildman–Crippen LogP) is 1.33. The molecule has 50 valence electrons. The first-order chi connectivity index (χ1) is 4.40. The molecular formula is C8H12O. The Labute approximate surface area is 55.4 Å². The minimum Gasteiger partial charge on any atom is -0.396 e. The van der Waals surface area contributed by atoms with Crippen molar-refractivity contribution >= 4 is 0 Å². The second-order valence-corrected chi connectivity index (χ2v) is 3.20. The molecule has 2 unspecified atom stereocenters. The Morgan fingerprint density at radius 1 is 1.67 bits per heavy atom. The monoisotopic (exact) mass is 124 g/mol. The van der Waals surface area contributed by atoms with Crippen molar-refractivity contribution in [1.29, 1.82) is 0 Å². The van der Waals surface area contributed by atoms with Gasteiger partial charge in [0.1, 0.15) is 0 Å². The third-order valence-corrected chi connectivity index (χ3v) is 2.60. The highest BCUT2D eigenvalue weighted by atomic mass is 16.3. The summed E-state index contributed by atoms with van der Waals surface area (Å²) >= 11 is 0. The van der Waals surface area contributed by atoms with Crippen LogP contribution in [-0.4, -0.2) is 11.7 Å². The molecule has 2 rings (SSSR count). The molecule has 1 fully saturated rings. The minimum atomic E-state index is 0.377. The summed E-state index contributed by atoms with van der Waals surface area (Å²) in [6.45, 7) is 0.377. The average Bonchev–Trinajstić information content (AvgIpc) is 2.45. The van der Waals surface area contributed by atoms with Gasteiger partial charge in [0.25, 0.3) is 0 Å². The van der Waals surface area contributed by atoms with Crippen LogP contribution in [0, 0.1) is 11.8 Å². The molecule has 0 aliphatic heterocycles. The van der Waals surface area contributed by atoms with E-state index in [2.05, 4.69) is 6.08 Å². The van der Waals surface area contributed by atoms with E-state index in [1.165, 1.54) is 24.8 Å². The summed E-state index contributed by atoms with van der Waals surface area (Å²) in [6.07, 6.45) is 6.13. The Bertz CT molecular complexity index is 149. The van der Waals surface area contributed by atoms with Crippen LogP contribution in [0.25, 0.3) is 0 Å². The van der Waals surface area contributed by atoms with Gasteiger partial charge in [0.15, 0.2) is 0 Å². The first-order valence-electron chi connectivity index (χ1n) is 3.70. The Balaban J connectivity index is 2.15. The summed E-state index contributed by atoms with van der Waals surface area (Å²) in [6, 6.07) is 0. The second kappa shape index (κ2) is 1.84. The van der Waals surface area contributed by atoms with Gasteiger partial charge in [-0.05, 0) is 25.2 Å². The van der Waals surface area contributed by atoms with Gasteiger partial charge in [-0.1, -0.05) is 11.6 Å². The van der Waals surface area contributed by atoms with Gasteiger partial charge in [0.2, 0.25) is 0 Å². The van der Waals surface area contributed by atoms with E-state index in [1.54, 1.807) is 0 Å². The molecule has 1 nitrogen and oxygen atoms in total. The van der Waals surface area contributed by atoms with E-state index in [4.69, 9.17) is 5.11 Å². The van der Waals surface area contributed by atoms with Gasteiger partial charge in [-0.15, -0.1) is 0 Å². The molecule has 0 heterocycles. The number of allylic oxidation sites excluding steroid dienone is 1. The van der Waals surface area contributed by atoms with Gasteiger partial charge in [-0.3, -0.25) is 0 Å². The molecule has 0 radical (unpaired) electrons. The van der Waals surface area contributed by atoms with Gasteiger partial charge in [0.05, 0.1) is 0 Å². The van der Waals surface area contributed by atoms with E-state index in [1.807, 2.05) is 0 Å². The van der Waals surface area contributed by atoms with Gasteiger partial charge in [-0.25, -0.2) is 0 Å². The molecule has 2 bridgehead atoms. The summed E-state index contributed by atoms with van der Waals surface area (Å²) in [5.74, 6) is 1.45. The number of hydrogen-bond donors (Lipinski definition) is 1. The Kier molecular flexibility index (Phi) is 1.12. The molecule has 0 aromatic heterocycles. The van der Waals surface area contributed by atoms with Crippen molar-refractivity contribution in [2.75, 3.05) is 6.61 Å². The van der Waals surface area contributed by atoms with Crippen molar-refractivity contribution in [3.05, 3.63) is 11.6 Å². The average molecular weight is 124 g/mol. The van der Waals surface area contributed by atoms with E-state index in [9.17, 15) is 0 Å². The van der Waals surface area contributed by atoms with Gasteiger partial charge in [-0.2, -0.15) is 0 Å². The van der Waals surface area contributed by atoms with Crippen molar-refractivity contribution in [3.63, 3.8) is 0 Å². The lowest BCUT2D eigenvalue weighted by atomic mass is 9.97. The largest absolute Gasteiger partial charge is 0.396 e. The van der Waals surface area contributed by atoms with Crippen molar-refractivity contribution in [2.24, 2.45) is 11.8 Å². The lowest BCUT2D eigenvalue weighted by Crippen LogP contribution is -2.05. The zero-order chi connectivity index (χ0) is 6.27. The maximum absolute atomic E-state index is 8.85. The normalized spacial score (nSPS) is 39.4. The molecule has 0 saturated heterocycles. The van der Waals surface area contributed by atoms with Crippen LogP contribution in [0.3, 0.4) is 0 Å². The topological polar surface area (TPSA) is 20.2 Å². The molecule has 2 atom stereocenters. The summed E-state index contributed by atoms with van der Waals surface area (Å²) in [4.78, 5) is 0. The van der Waals surface area contributed by atoms with Crippen LogP contribution in [-0.2, 0) is 0 Å². The molecular weight excluding hydrogens is 112 g/mol. The van der Waals surface area contributed by atoms with E-state index in [0.29, 0.717) is 12.5 Å². The SMILES string of the molecule is OCC1CC2CC=C1C2. The van der Waals surface area contributed by atoms with Crippen LogP contribution in [0.15, 0.2) is 11.6 Å². The zero-order valence-electron chi connectivity index (χ0n) is 5.51. The van der Waals surface area contributed by atoms with Crippen LogP contribution < -0.4 is 0 Å². The van der Waals surface area contributed by atoms with Gasteiger partial charge < -0.3 is 5.11 Å². The molecule has 0 aromatic rings. The van der Waals surface area contributed by atoms with Crippen LogP contribution in [0.2, 0.25) is 0 Å². The fourth-order valence-electron chi connectivity index (χ4n) is 2.08.